The topological polar surface area (TPSA) is 47.9 Å². The number of aryl methyl sites for hydroxylation is 1. The second-order valence-corrected chi connectivity index (χ2v) is 4.79. The van der Waals surface area contributed by atoms with Crippen LogP contribution in [0.2, 0.25) is 0 Å². The van der Waals surface area contributed by atoms with Crippen molar-refractivity contribution in [2.75, 3.05) is 0 Å². The Bertz CT molecular complexity index is 825. The largest absolute Gasteiger partial charge is 0.436 e. The van der Waals surface area contributed by atoms with Crippen molar-refractivity contribution in [1.82, 2.24) is 15.0 Å². The SMILES string of the molecule is CCc1cc(Oc2cc(F)ccc2F)nc(-c2ccncc2)n1. The van der Waals surface area contributed by atoms with Crippen molar-refractivity contribution in [3.05, 3.63) is 66.1 Å². The van der Waals surface area contributed by atoms with Gasteiger partial charge in [0.05, 0.1) is 0 Å². The molecule has 0 unspecified atom stereocenters. The van der Waals surface area contributed by atoms with Crippen LogP contribution in [0.5, 0.6) is 11.6 Å². The third kappa shape index (κ3) is 3.48. The van der Waals surface area contributed by atoms with Gasteiger partial charge in [-0.1, -0.05) is 6.92 Å². The molecule has 0 N–H and O–H groups in total. The van der Waals surface area contributed by atoms with Gasteiger partial charge in [0.2, 0.25) is 5.88 Å². The predicted molar refractivity (Wildman–Crippen MR) is 81.1 cm³/mol. The van der Waals surface area contributed by atoms with Gasteiger partial charge in [0.1, 0.15) is 5.82 Å². The summed E-state index contributed by atoms with van der Waals surface area (Å²) in [7, 11) is 0. The number of ether oxygens (including phenoxy) is 1. The Labute approximate surface area is 131 Å². The van der Waals surface area contributed by atoms with Gasteiger partial charge in [0.15, 0.2) is 17.4 Å². The number of nitrogens with zero attached hydrogens (tertiary/aromatic N) is 3. The van der Waals surface area contributed by atoms with E-state index in [-0.39, 0.29) is 11.6 Å². The minimum atomic E-state index is -0.659. The lowest BCUT2D eigenvalue weighted by Crippen LogP contribution is -1.99. The van der Waals surface area contributed by atoms with Gasteiger partial charge in [-0.3, -0.25) is 4.98 Å². The van der Waals surface area contributed by atoms with Crippen LogP contribution in [0.25, 0.3) is 11.4 Å². The van der Waals surface area contributed by atoms with E-state index in [4.69, 9.17) is 4.74 Å². The highest BCUT2D eigenvalue weighted by Crippen LogP contribution is 2.26. The molecule has 0 saturated heterocycles. The standard InChI is InChI=1S/C17H13F2N3O/c1-2-13-10-16(23-15-9-12(18)3-4-14(15)19)22-17(21-13)11-5-7-20-8-6-11/h3-10H,2H2,1H3. The summed E-state index contributed by atoms with van der Waals surface area (Å²) < 4.78 is 32.4. The first-order valence-electron chi connectivity index (χ1n) is 7.07. The highest BCUT2D eigenvalue weighted by Gasteiger charge is 2.11. The second kappa shape index (κ2) is 6.48. The molecule has 0 atom stereocenters. The summed E-state index contributed by atoms with van der Waals surface area (Å²) in [6, 6.07) is 8.16. The third-order valence-electron chi connectivity index (χ3n) is 3.16. The van der Waals surface area contributed by atoms with Crippen molar-refractivity contribution in [1.29, 1.82) is 0 Å². The van der Waals surface area contributed by atoms with E-state index >= 15 is 0 Å². The summed E-state index contributed by atoms with van der Waals surface area (Å²) >= 11 is 0. The van der Waals surface area contributed by atoms with Crippen LogP contribution in [0.15, 0.2) is 48.8 Å². The molecule has 23 heavy (non-hydrogen) atoms. The molecule has 1 aromatic carbocycles. The molecule has 6 heteroatoms. The van der Waals surface area contributed by atoms with Gasteiger partial charge in [-0.05, 0) is 30.7 Å². The first kappa shape index (κ1) is 15.0. The third-order valence-corrected chi connectivity index (χ3v) is 3.16. The number of hydrogen-bond donors (Lipinski definition) is 0. The lowest BCUT2D eigenvalue weighted by atomic mass is 10.2. The first-order valence-corrected chi connectivity index (χ1v) is 7.07. The molecule has 116 valence electrons. The molecule has 0 radical (unpaired) electrons. The molecule has 0 saturated carbocycles. The van der Waals surface area contributed by atoms with Gasteiger partial charge >= 0.3 is 0 Å². The van der Waals surface area contributed by atoms with E-state index in [9.17, 15) is 8.78 Å². The molecule has 2 heterocycles. The second-order valence-electron chi connectivity index (χ2n) is 4.79. The Morgan fingerprint density at radius 3 is 2.52 bits per heavy atom. The molecule has 3 rings (SSSR count). The summed E-state index contributed by atoms with van der Waals surface area (Å²) in [4.78, 5) is 12.6. The van der Waals surface area contributed by atoms with E-state index in [1.165, 1.54) is 0 Å². The molecule has 3 aromatic rings. The molecule has 0 aliphatic rings. The van der Waals surface area contributed by atoms with E-state index in [1.54, 1.807) is 30.6 Å². The summed E-state index contributed by atoms with van der Waals surface area (Å²) in [5.74, 6) is -0.854. The fourth-order valence-electron chi connectivity index (χ4n) is 2.00. The summed E-state index contributed by atoms with van der Waals surface area (Å²) in [6.45, 7) is 1.94. The van der Waals surface area contributed by atoms with E-state index in [1.807, 2.05) is 6.92 Å². The van der Waals surface area contributed by atoms with Gasteiger partial charge in [0.25, 0.3) is 0 Å². The fourth-order valence-corrected chi connectivity index (χ4v) is 2.00. The molecule has 0 aliphatic carbocycles. The van der Waals surface area contributed by atoms with Crippen molar-refractivity contribution in [3.63, 3.8) is 0 Å². The average Bonchev–Trinajstić information content (AvgIpc) is 2.58. The summed E-state index contributed by atoms with van der Waals surface area (Å²) in [6.07, 6.45) is 3.91. The number of pyridine rings is 1. The van der Waals surface area contributed by atoms with Crippen molar-refractivity contribution >= 4 is 0 Å². The molecular weight excluding hydrogens is 300 g/mol. The van der Waals surface area contributed by atoms with Crippen LogP contribution in [0, 0.1) is 11.6 Å². The minimum absolute atomic E-state index is 0.160. The Balaban J connectivity index is 2.00. The minimum Gasteiger partial charge on any atom is -0.436 e. The highest BCUT2D eigenvalue weighted by atomic mass is 19.1. The molecule has 0 aliphatic heterocycles. The lowest BCUT2D eigenvalue weighted by Gasteiger charge is -2.09. The maximum Gasteiger partial charge on any atom is 0.223 e. The fraction of sp³-hybridized carbons (Fsp3) is 0.118. The van der Waals surface area contributed by atoms with Crippen LogP contribution in [0.4, 0.5) is 8.78 Å². The zero-order chi connectivity index (χ0) is 16.2. The molecular formula is C17H13F2N3O. The van der Waals surface area contributed by atoms with Gasteiger partial charge in [-0.25, -0.2) is 13.8 Å². The Hall–Kier alpha value is -2.89. The van der Waals surface area contributed by atoms with Crippen LogP contribution in [0.1, 0.15) is 12.6 Å². The van der Waals surface area contributed by atoms with Crippen LogP contribution in [0.3, 0.4) is 0 Å². The Morgan fingerprint density at radius 2 is 1.78 bits per heavy atom. The van der Waals surface area contributed by atoms with Crippen molar-refractivity contribution in [3.8, 4) is 23.0 Å². The van der Waals surface area contributed by atoms with Crippen LogP contribution < -0.4 is 4.74 Å². The average molecular weight is 313 g/mol. The zero-order valence-electron chi connectivity index (χ0n) is 12.3. The van der Waals surface area contributed by atoms with Gasteiger partial charge in [-0.2, -0.15) is 4.98 Å². The molecule has 0 fully saturated rings. The normalized spacial score (nSPS) is 10.6. The Morgan fingerprint density at radius 1 is 1.00 bits per heavy atom. The van der Waals surface area contributed by atoms with Gasteiger partial charge in [-0.15, -0.1) is 0 Å². The number of halogens is 2. The monoisotopic (exact) mass is 313 g/mol. The number of aromatic nitrogens is 3. The molecule has 4 nitrogen and oxygen atoms in total. The maximum atomic E-state index is 13.7. The van der Waals surface area contributed by atoms with Gasteiger partial charge in [0, 0.05) is 35.8 Å². The first-order chi connectivity index (χ1) is 11.2. The van der Waals surface area contributed by atoms with Crippen LogP contribution in [-0.4, -0.2) is 15.0 Å². The van der Waals surface area contributed by atoms with Crippen LogP contribution in [-0.2, 0) is 6.42 Å². The predicted octanol–water partition coefficient (Wildman–Crippen LogP) is 4.17. The molecule has 2 aromatic heterocycles. The summed E-state index contributed by atoms with van der Waals surface area (Å²) in [5, 5.41) is 0. The number of benzene rings is 1. The molecule has 0 spiro atoms. The molecule has 0 amide bonds. The Kier molecular flexibility index (Phi) is 4.23. The smallest absolute Gasteiger partial charge is 0.223 e. The van der Waals surface area contributed by atoms with Gasteiger partial charge < -0.3 is 4.74 Å². The van der Waals surface area contributed by atoms with Crippen molar-refractivity contribution < 1.29 is 13.5 Å². The van der Waals surface area contributed by atoms with E-state index < -0.39 is 11.6 Å². The van der Waals surface area contributed by atoms with Crippen LogP contribution >= 0.6 is 0 Å². The lowest BCUT2D eigenvalue weighted by molar-refractivity contribution is 0.421. The maximum absolute atomic E-state index is 13.7. The van der Waals surface area contributed by atoms with Crippen molar-refractivity contribution in [2.24, 2.45) is 0 Å². The highest BCUT2D eigenvalue weighted by molar-refractivity contribution is 5.54. The summed E-state index contributed by atoms with van der Waals surface area (Å²) in [5.41, 5.74) is 1.50. The van der Waals surface area contributed by atoms with E-state index in [0.29, 0.717) is 12.2 Å². The van der Waals surface area contributed by atoms with E-state index in [0.717, 1.165) is 29.5 Å². The number of hydrogen-bond acceptors (Lipinski definition) is 4. The zero-order valence-corrected chi connectivity index (χ0v) is 12.3. The molecule has 0 bridgehead atoms. The van der Waals surface area contributed by atoms with Crippen molar-refractivity contribution in [2.45, 2.75) is 13.3 Å². The quantitative estimate of drug-likeness (QED) is 0.725. The number of rotatable bonds is 4. The van der Waals surface area contributed by atoms with E-state index in [2.05, 4.69) is 15.0 Å².